The van der Waals surface area contributed by atoms with Crippen LogP contribution in [0.3, 0.4) is 0 Å². The maximum absolute atomic E-state index is 4.44. The van der Waals surface area contributed by atoms with E-state index in [9.17, 15) is 0 Å². The van der Waals surface area contributed by atoms with Gasteiger partial charge in [-0.3, -0.25) is 9.58 Å². The number of nitrogens with one attached hydrogen (secondary N) is 2. The van der Waals surface area contributed by atoms with Gasteiger partial charge in [0.05, 0.1) is 17.8 Å². The third-order valence-corrected chi connectivity index (χ3v) is 4.43. The molecule has 94 valence electrons. The summed E-state index contributed by atoms with van der Waals surface area (Å²) in [6, 6.07) is 2.69. The van der Waals surface area contributed by atoms with Crippen LogP contribution in [-0.2, 0) is 13.1 Å². The van der Waals surface area contributed by atoms with Gasteiger partial charge in [0.25, 0.3) is 0 Å². The zero-order valence-electron chi connectivity index (χ0n) is 10.3. The summed E-state index contributed by atoms with van der Waals surface area (Å²) in [5.41, 5.74) is 1.42. The molecule has 0 aromatic carbocycles. The van der Waals surface area contributed by atoms with Crippen molar-refractivity contribution in [3.8, 4) is 0 Å². The van der Waals surface area contributed by atoms with Gasteiger partial charge in [-0.2, -0.15) is 5.10 Å². The molecule has 3 rings (SSSR count). The van der Waals surface area contributed by atoms with Gasteiger partial charge in [0.15, 0.2) is 0 Å². The molecule has 0 aliphatic carbocycles. The van der Waals surface area contributed by atoms with Gasteiger partial charge in [0, 0.05) is 44.0 Å². The summed E-state index contributed by atoms with van der Waals surface area (Å²) in [6.07, 6.45) is 1.91. The summed E-state index contributed by atoms with van der Waals surface area (Å²) in [6.45, 7) is 8.50. The van der Waals surface area contributed by atoms with Crippen LogP contribution in [0.2, 0.25) is 0 Å². The Labute approximate surface area is 106 Å². The van der Waals surface area contributed by atoms with E-state index in [4.69, 9.17) is 0 Å². The highest BCUT2D eigenvalue weighted by atomic mass is 32.2. The number of aromatic nitrogens is 2. The lowest BCUT2D eigenvalue weighted by Crippen LogP contribution is -2.53. The molecular formula is C11H19N5S. The van der Waals surface area contributed by atoms with Gasteiger partial charge in [-0.05, 0) is 19.9 Å². The third-order valence-electron chi connectivity index (χ3n) is 3.61. The van der Waals surface area contributed by atoms with E-state index in [-0.39, 0.29) is 5.54 Å². The number of rotatable bonds is 1. The van der Waals surface area contributed by atoms with E-state index in [1.54, 1.807) is 12.1 Å². The van der Waals surface area contributed by atoms with E-state index >= 15 is 0 Å². The van der Waals surface area contributed by atoms with Crippen LogP contribution in [0.15, 0.2) is 12.3 Å². The minimum atomic E-state index is 0.103. The first-order valence-electron chi connectivity index (χ1n) is 6.09. The number of fused-ring (bicyclic) bond motifs is 1. The van der Waals surface area contributed by atoms with E-state index in [1.165, 1.54) is 5.69 Å². The second-order valence-corrected chi connectivity index (χ2v) is 5.98. The second kappa shape index (κ2) is 4.28. The average Bonchev–Trinajstić information content (AvgIpc) is 2.86. The molecule has 1 atom stereocenters. The lowest BCUT2D eigenvalue weighted by Gasteiger charge is -2.33. The number of hydrogen-bond acceptors (Lipinski definition) is 5. The van der Waals surface area contributed by atoms with Crippen molar-refractivity contribution in [1.29, 1.82) is 0 Å². The van der Waals surface area contributed by atoms with Crippen LogP contribution >= 0.6 is 12.1 Å². The summed E-state index contributed by atoms with van der Waals surface area (Å²) < 4.78 is 9.00. The van der Waals surface area contributed by atoms with Crippen LogP contribution in [0, 0.1) is 0 Å². The van der Waals surface area contributed by atoms with Crippen molar-refractivity contribution >= 4 is 12.1 Å². The Morgan fingerprint density at radius 1 is 1.47 bits per heavy atom. The minimum Gasteiger partial charge on any atom is -0.293 e. The topological polar surface area (TPSA) is 45.1 Å². The normalized spacial score (nSPS) is 29.8. The lowest BCUT2D eigenvalue weighted by molar-refractivity contribution is 0.165. The zero-order valence-corrected chi connectivity index (χ0v) is 11.1. The van der Waals surface area contributed by atoms with Gasteiger partial charge in [-0.25, -0.2) is 9.44 Å². The highest BCUT2D eigenvalue weighted by Crippen LogP contribution is 2.25. The Hall–Kier alpha value is -0.560. The van der Waals surface area contributed by atoms with Crippen molar-refractivity contribution in [3.05, 3.63) is 18.0 Å². The Morgan fingerprint density at radius 3 is 3.06 bits per heavy atom. The predicted molar refractivity (Wildman–Crippen MR) is 69.2 cm³/mol. The van der Waals surface area contributed by atoms with Crippen molar-refractivity contribution in [1.82, 2.24) is 24.1 Å². The number of nitrogens with zero attached hydrogens (tertiary/aromatic N) is 3. The van der Waals surface area contributed by atoms with Gasteiger partial charge >= 0.3 is 0 Å². The van der Waals surface area contributed by atoms with Crippen molar-refractivity contribution in [2.45, 2.75) is 38.5 Å². The molecule has 3 heterocycles. The fraction of sp³-hybridized carbons (Fsp3) is 0.727. The van der Waals surface area contributed by atoms with Crippen LogP contribution in [0.1, 0.15) is 19.5 Å². The number of hydrogen-bond donors (Lipinski definition) is 2. The Balaban J connectivity index is 1.93. The molecule has 5 nitrogen and oxygen atoms in total. The van der Waals surface area contributed by atoms with Crippen LogP contribution in [0.4, 0.5) is 0 Å². The monoisotopic (exact) mass is 253 g/mol. The fourth-order valence-electron chi connectivity index (χ4n) is 2.52. The predicted octanol–water partition coefficient (Wildman–Crippen LogP) is 0.602. The SMILES string of the molecule is CC(C)N1Cc2ccnn2CC2(CNSN2)C1. The van der Waals surface area contributed by atoms with Gasteiger partial charge < -0.3 is 0 Å². The molecule has 2 aliphatic heterocycles. The molecule has 2 N–H and O–H groups in total. The molecule has 1 aromatic rings. The zero-order chi connectivity index (χ0) is 11.9. The Bertz CT molecular complexity index is 396. The van der Waals surface area contributed by atoms with Crippen molar-refractivity contribution < 1.29 is 0 Å². The average molecular weight is 253 g/mol. The molecule has 6 heteroatoms. The third kappa shape index (κ3) is 2.10. The molecule has 0 amide bonds. The maximum Gasteiger partial charge on any atom is 0.0750 e. The van der Waals surface area contributed by atoms with Gasteiger partial charge in [0.2, 0.25) is 0 Å². The first-order valence-corrected chi connectivity index (χ1v) is 6.91. The Kier molecular flexibility index (Phi) is 2.90. The molecule has 0 radical (unpaired) electrons. The van der Waals surface area contributed by atoms with Gasteiger partial charge in [-0.1, -0.05) is 0 Å². The quantitative estimate of drug-likeness (QED) is 0.718. The van der Waals surface area contributed by atoms with E-state index in [0.29, 0.717) is 6.04 Å². The van der Waals surface area contributed by atoms with Crippen LogP contribution < -0.4 is 9.44 Å². The summed E-state index contributed by atoms with van der Waals surface area (Å²) in [5, 5.41) is 4.44. The minimum absolute atomic E-state index is 0.103. The second-order valence-electron chi connectivity index (χ2n) is 5.28. The van der Waals surface area contributed by atoms with Crippen LogP contribution in [-0.4, -0.2) is 39.4 Å². The highest BCUT2D eigenvalue weighted by molar-refractivity contribution is 7.95. The summed E-state index contributed by atoms with van der Waals surface area (Å²) in [5.74, 6) is 0. The molecule has 2 aliphatic rings. The molecule has 17 heavy (non-hydrogen) atoms. The molecule has 0 bridgehead atoms. The Morgan fingerprint density at radius 2 is 2.35 bits per heavy atom. The van der Waals surface area contributed by atoms with Crippen molar-refractivity contribution in [2.75, 3.05) is 13.1 Å². The molecule has 1 unspecified atom stereocenters. The van der Waals surface area contributed by atoms with Crippen molar-refractivity contribution in [3.63, 3.8) is 0 Å². The molecule has 1 fully saturated rings. The molecular weight excluding hydrogens is 234 g/mol. The van der Waals surface area contributed by atoms with E-state index < -0.39 is 0 Å². The van der Waals surface area contributed by atoms with Gasteiger partial charge in [0.1, 0.15) is 0 Å². The molecule has 1 spiro atoms. The van der Waals surface area contributed by atoms with E-state index in [1.807, 2.05) is 6.20 Å². The molecule has 0 saturated carbocycles. The standard InChI is InChI=1S/C11H19N5S/c1-9(2)15-5-10-3-4-12-16(10)8-11(7-15)6-13-17-14-11/h3-4,9,13-14H,5-8H2,1-2H3. The summed E-state index contributed by atoms with van der Waals surface area (Å²) >= 11 is 1.61. The maximum atomic E-state index is 4.44. The van der Waals surface area contributed by atoms with E-state index in [0.717, 1.165) is 26.2 Å². The summed E-state index contributed by atoms with van der Waals surface area (Å²) in [7, 11) is 0. The van der Waals surface area contributed by atoms with E-state index in [2.05, 4.69) is 44.0 Å². The van der Waals surface area contributed by atoms with Crippen LogP contribution in [0.5, 0.6) is 0 Å². The molecule has 1 aromatic heterocycles. The first kappa shape index (κ1) is 11.5. The molecule has 1 saturated heterocycles. The lowest BCUT2D eigenvalue weighted by atomic mass is 10.0. The fourth-order valence-corrected chi connectivity index (χ4v) is 3.36. The van der Waals surface area contributed by atoms with Crippen molar-refractivity contribution in [2.24, 2.45) is 0 Å². The van der Waals surface area contributed by atoms with Gasteiger partial charge in [-0.15, -0.1) is 0 Å². The largest absolute Gasteiger partial charge is 0.293 e. The smallest absolute Gasteiger partial charge is 0.0750 e. The first-order chi connectivity index (χ1) is 8.19. The van der Waals surface area contributed by atoms with Crippen LogP contribution in [0.25, 0.3) is 0 Å². The summed E-state index contributed by atoms with van der Waals surface area (Å²) in [4.78, 5) is 2.51. The highest BCUT2D eigenvalue weighted by Gasteiger charge is 2.39.